The van der Waals surface area contributed by atoms with E-state index in [1.165, 1.54) is 11.3 Å². The molecule has 0 aliphatic carbocycles. The van der Waals surface area contributed by atoms with E-state index in [0.717, 1.165) is 4.70 Å². The average Bonchev–Trinajstić information content (AvgIpc) is 2.95. The molecule has 0 bridgehead atoms. The summed E-state index contributed by atoms with van der Waals surface area (Å²) in [4.78, 5) is 0. The highest BCUT2D eigenvalue weighted by Gasteiger charge is 2.31. The monoisotopic (exact) mass is 444 g/mol. The second kappa shape index (κ2) is 6.12. The first kappa shape index (κ1) is 16.3. The molecule has 3 rings (SSSR count). The van der Waals surface area contributed by atoms with Crippen LogP contribution >= 0.6 is 33.9 Å². The van der Waals surface area contributed by atoms with Crippen molar-refractivity contribution in [2.45, 2.75) is 24.8 Å². The molecule has 2 nitrogen and oxygen atoms in total. The summed E-state index contributed by atoms with van der Waals surface area (Å²) in [6, 6.07) is 4.84. The van der Waals surface area contributed by atoms with Crippen molar-refractivity contribution < 1.29 is 17.6 Å². The number of hydrogen-bond acceptors (Lipinski definition) is 3. The lowest BCUT2D eigenvalue weighted by atomic mass is 10.1. The number of fused-ring (bicyclic) bond motifs is 1. The van der Waals surface area contributed by atoms with Crippen LogP contribution in [0.2, 0.25) is 0 Å². The molecule has 8 heteroatoms. The lowest BCUT2D eigenvalue weighted by Gasteiger charge is -2.16. The number of anilines is 1. The Morgan fingerprint density at radius 1 is 1.32 bits per heavy atom. The van der Waals surface area contributed by atoms with E-state index in [9.17, 15) is 17.6 Å². The maximum Gasteiger partial charge on any atom is 0.393 e. The van der Waals surface area contributed by atoms with Crippen LogP contribution in [0.5, 0.6) is 0 Å². The maximum absolute atomic E-state index is 13.7. The largest absolute Gasteiger partial charge is 0.393 e. The summed E-state index contributed by atoms with van der Waals surface area (Å²) < 4.78 is 53.3. The van der Waals surface area contributed by atoms with Gasteiger partial charge in [0, 0.05) is 13.1 Å². The third kappa shape index (κ3) is 3.33. The fraction of sp³-hybridized carbons (Fsp3) is 0.429. The molecule has 120 valence electrons. The molecule has 1 aromatic carbocycles. The van der Waals surface area contributed by atoms with Gasteiger partial charge in [-0.15, -0.1) is 11.3 Å². The summed E-state index contributed by atoms with van der Waals surface area (Å²) in [6.07, 6.45) is -6.17. The molecule has 0 radical (unpaired) electrons. The third-order valence-electron chi connectivity index (χ3n) is 3.63. The van der Waals surface area contributed by atoms with Crippen molar-refractivity contribution in [1.82, 2.24) is 5.32 Å². The minimum absolute atomic E-state index is 0.301. The van der Waals surface area contributed by atoms with E-state index in [1.54, 1.807) is 18.2 Å². The van der Waals surface area contributed by atoms with E-state index >= 15 is 0 Å². The van der Waals surface area contributed by atoms with Crippen LogP contribution in [0.15, 0.2) is 18.2 Å². The van der Waals surface area contributed by atoms with Gasteiger partial charge in [-0.3, -0.25) is 0 Å². The topological polar surface area (TPSA) is 24.1 Å². The molecule has 0 amide bonds. The predicted octanol–water partition coefficient (Wildman–Crippen LogP) is 4.33. The lowest BCUT2D eigenvalue weighted by Crippen LogP contribution is -2.29. The lowest BCUT2D eigenvalue weighted by molar-refractivity contribution is -0.127. The van der Waals surface area contributed by atoms with Crippen LogP contribution in [0.3, 0.4) is 0 Å². The van der Waals surface area contributed by atoms with Gasteiger partial charge in [0.1, 0.15) is 6.17 Å². The summed E-state index contributed by atoms with van der Waals surface area (Å²) in [7, 11) is 0. The van der Waals surface area contributed by atoms with Gasteiger partial charge in [-0.1, -0.05) is 12.1 Å². The van der Waals surface area contributed by atoms with Crippen LogP contribution in [-0.2, 0) is 6.42 Å². The summed E-state index contributed by atoms with van der Waals surface area (Å²) >= 11 is 3.26. The molecule has 1 aliphatic heterocycles. The van der Waals surface area contributed by atoms with E-state index in [1.807, 2.05) is 22.6 Å². The molecule has 1 saturated heterocycles. The maximum atomic E-state index is 13.7. The zero-order chi connectivity index (χ0) is 15.9. The van der Waals surface area contributed by atoms with Gasteiger partial charge in [-0.05, 0) is 39.6 Å². The number of rotatable bonds is 3. The number of alkyl halides is 4. The van der Waals surface area contributed by atoms with Gasteiger partial charge >= 0.3 is 6.18 Å². The molecule has 2 N–H and O–H groups in total. The van der Waals surface area contributed by atoms with E-state index in [-0.39, 0.29) is 6.04 Å². The van der Waals surface area contributed by atoms with Gasteiger partial charge in [0.05, 0.1) is 25.7 Å². The number of benzene rings is 1. The first-order valence-electron chi connectivity index (χ1n) is 6.73. The first-order chi connectivity index (χ1) is 10.3. The number of hydrogen-bond donors (Lipinski definition) is 2. The van der Waals surface area contributed by atoms with Crippen LogP contribution in [0.25, 0.3) is 10.1 Å². The summed E-state index contributed by atoms with van der Waals surface area (Å²) in [6.45, 7) is 0.810. The van der Waals surface area contributed by atoms with Crippen LogP contribution in [0.4, 0.5) is 23.2 Å². The molecule has 1 fully saturated rings. The Balaban J connectivity index is 1.97. The fourth-order valence-corrected chi connectivity index (χ4v) is 4.77. The average molecular weight is 444 g/mol. The molecule has 2 unspecified atom stereocenters. The van der Waals surface area contributed by atoms with Crippen LogP contribution in [0.1, 0.15) is 5.56 Å². The van der Waals surface area contributed by atoms with Crippen molar-refractivity contribution in [3.8, 4) is 0 Å². The summed E-state index contributed by atoms with van der Waals surface area (Å²) in [5.74, 6) is 0. The van der Waals surface area contributed by atoms with Crippen molar-refractivity contribution in [3.63, 3.8) is 0 Å². The van der Waals surface area contributed by atoms with Crippen LogP contribution in [0, 0.1) is 2.88 Å². The van der Waals surface area contributed by atoms with Crippen molar-refractivity contribution in [2.75, 3.05) is 18.4 Å². The Labute approximate surface area is 142 Å². The Morgan fingerprint density at radius 3 is 2.73 bits per heavy atom. The van der Waals surface area contributed by atoms with Crippen molar-refractivity contribution in [1.29, 1.82) is 0 Å². The highest BCUT2D eigenvalue weighted by Crippen LogP contribution is 2.40. The highest BCUT2D eigenvalue weighted by molar-refractivity contribution is 14.1. The Morgan fingerprint density at radius 2 is 2.09 bits per heavy atom. The molecule has 1 aliphatic rings. The van der Waals surface area contributed by atoms with Gasteiger partial charge in [0.25, 0.3) is 0 Å². The summed E-state index contributed by atoms with van der Waals surface area (Å²) in [5.41, 5.74) is 1.00. The van der Waals surface area contributed by atoms with Crippen LogP contribution in [-0.4, -0.2) is 31.5 Å². The summed E-state index contributed by atoms with van der Waals surface area (Å²) in [5, 5.41) is 6.67. The van der Waals surface area contributed by atoms with Gasteiger partial charge < -0.3 is 10.6 Å². The Bertz CT molecular complexity index is 685. The Hall–Kier alpha value is -0.610. The molecule has 1 aromatic heterocycles. The minimum atomic E-state index is -4.24. The van der Waals surface area contributed by atoms with E-state index < -0.39 is 18.8 Å². The quantitative estimate of drug-likeness (QED) is 0.544. The fourth-order valence-electron chi connectivity index (χ4n) is 2.61. The molecule has 2 aromatic rings. The second-order valence-corrected chi connectivity index (χ2v) is 8.08. The van der Waals surface area contributed by atoms with Gasteiger partial charge in [0.15, 0.2) is 0 Å². The van der Waals surface area contributed by atoms with Crippen molar-refractivity contribution in [2.24, 2.45) is 0 Å². The Kier molecular flexibility index (Phi) is 4.52. The molecule has 0 spiro atoms. The molecular formula is C14H13F4IN2S. The molecule has 0 saturated carbocycles. The number of thiophene rings is 1. The molecular weight excluding hydrogens is 431 g/mol. The SMILES string of the molecule is FC1CNCC1Nc1cccc2c(CC(F)(F)F)c(I)sc12. The van der Waals surface area contributed by atoms with Gasteiger partial charge in [-0.2, -0.15) is 13.2 Å². The number of halogens is 5. The zero-order valence-corrected chi connectivity index (χ0v) is 14.3. The molecule has 22 heavy (non-hydrogen) atoms. The van der Waals surface area contributed by atoms with Gasteiger partial charge in [0.2, 0.25) is 0 Å². The van der Waals surface area contributed by atoms with Crippen molar-refractivity contribution >= 4 is 49.7 Å². The predicted molar refractivity (Wildman–Crippen MR) is 89.5 cm³/mol. The third-order valence-corrected chi connectivity index (χ3v) is 6.01. The van der Waals surface area contributed by atoms with E-state index in [4.69, 9.17) is 0 Å². The smallest absolute Gasteiger partial charge is 0.377 e. The van der Waals surface area contributed by atoms with E-state index in [2.05, 4.69) is 10.6 Å². The van der Waals surface area contributed by atoms with Crippen LogP contribution < -0.4 is 10.6 Å². The van der Waals surface area contributed by atoms with E-state index in [0.29, 0.717) is 32.6 Å². The molecule has 2 atom stereocenters. The highest BCUT2D eigenvalue weighted by atomic mass is 127. The zero-order valence-electron chi connectivity index (χ0n) is 11.3. The molecule has 2 heterocycles. The first-order valence-corrected chi connectivity index (χ1v) is 8.62. The normalized spacial score (nSPS) is 22.4. The minimum Gasteiger partial charge on any atom is -0.377 e. The van der Waals surface area contributed by atoms with Crippen molar-refractivity contribution in [3.05, 3.63) is 26.6 Å². The number of nitrogens with one attached hydrogen (secondary N) is 2. The standard InChI is InChI=1S/C14H13F4IN2S/c15-9-5-20-6-11(9)21-10-3-1-2-7-8(4-14(16,17)18)13(19)22-12(7)10/h1-3,9,11,20-21H,4-6H2. The second-order valence-electron chi connectivity index (χ2n) is 5.25. The van der Waals surface area contributed by atoms with Gasteiger partial charge in [-0.25, -0.2) is 4.39 Å².